The summed E-state index contributed by atoms with van der Waals surface area (Å²) >= 11 is 0. The first-order valence-electron chi connectivity index (χ1n) is 10.4. The third kappa shape index (κ3) is 4.13. The molecule has 2 N–H and O–H groups in total. The van der Waals surface area contributed by atoms with Crippen LogP contribution in [0.1, 0.15) is 41.7 Å². The van der Waals surface area contributed by atoms with Crippen molar-refractivity contribution >= 4 is 28.7 Å². The van der Waals surface area contributed by atoms with E-state index < -0.39 is 5.91 Å². The zero-order chi connectivity index (χ0) is 22.7. The first-order chi connectivity index (χ1) is 15.5. The number of aromatic nitrogens is 2. The van der Waals surface area contributed by atoms with Crippen LogP contribution in [0.15, 0.2) is 47.5 Å². The van der Waals surface area contributed by atoms with Crippen molar-refractivity contribution in [1.82, 2.24) is 9.55 Å². The molecule has 0 spiro atoms. The maximum atomic E-state index is 12.8. The van der Waals surface area contributed by atoms with Crippen molar-refractivity contribution in [2.24, 2.45) is 4.99 Å². The van der Waals surface area contributed by atoms with Gasteiger partial charge in [0.2, 0.25) is 5.62 Å². The SMILES string of the molecule is C[C@H](CCO)n1/c(=N/C(=O)c2cccc(C#N)c2)[nH]c2cc(N3CCCOC3=O)ccc21. The number of nitriles is 1. The quantitative estimate of drug-likeness (QED) is 0.640. The molecular weight excluding hydrogens is 410 g/mol. The van der Waals surface area contributed by atoms with Crippen molar-refractivity contribution in [3.05, 3.63) is 59.2 Å². The minimum absolute atomic E-state index is 0.0177. The number of aliphatic hydroxyl groups excluding tert-OH is 1. The molecule has 0 bridgehead atoms. The first-order valence-corrected chi connectivity index (χ1v) is 10.4. The van der Waals surface area contributed by atoms with Gasteiger partial charge < -0.3 is 19.4 Å². The molecule has 4 rings (SSSR count). The molecule has 0 saturated carbocycles. The zero-order valence-corrected chi connectivity index (χ0v) is 17.6. The van der Waals surface area contributed by atoms with Gasteiger partial charge in [-0.15, -0.1) is 0 Å². The van der Waals surface area contributed by atoms with E-state index in [-0.39, 0.29) is 18.7 Å². The number of fused-ring (bicyclic) bond motifs is 1. The molecule has 1 saturated heterocycles. The fourth-order valence-corrected chi connectivity index (χ4v) is 3.81. The smallest absolute Gasteiger partial charge is 0.414 e. The van der Waals surface area contributed by atoms with Crippen molar-refractivity contribution in [2.75, 3.05) is 24.7 Å². The molecule has 9 nitrogen and oxygen atoms in total. The lowest BCUT2D eigenvalue weighted by molar-refractivity contribution is 0.0996. The number of ether oxygens (including phenoxy) is 1. The van der Waals surface area contributed by atoms with Crippen LogP contribution in [0.4, 0.5) is 10.5 Å². The number of aliphatic hydroxyl groups is 1. The minimum atomic E-state index is -0.488. The van der Waals surface area contributed by atoms with E-state index in [1.807, 2.05) is 35.8 Å². The van der Waals surface area contributed by atoms with Gasteiger partial charge in [0.1, 0.15) is 0 Å². The topological polar surface area (TPSA) is 124 Å². The molecule has 1 aliphatic heterocycles. The third-order valence-corrected chi connectivity index (χ3v) is 5.43. The second kappa shape index (κ2) is 9.08. The summed E-state index contributed by atoms with van der Waals surface area (Å²) < 4.78 is 6.99. The number of rotatable bonds is 5. The van der Waals surface area contributed by atoms with Crippen LogP contribution >= 0.6 is 0 Å². The monoisotopic (exact) mass is 433 g/mol. The van der Waals surface area contributed by atoms with E-state index in [1.165, 1.54) is 6.07 Å². The Hall–Kier alpha value is -3.90. The van der Waals surface area contributed by atoms with Gasteiger partial charge in [0.05, 0.1) is 29.3 Å². The summed E-state index contributed by atoms with van der Waals surface area (Å²) in [6.07, 6.45) is 0.832. The van der Waals surface area contributed by atoms with E-state index in [9.17, 15) is 14.7 Å². The number of benzene rings is 2. The molecule has 1 fully saturated rings. The number of nitrogens with one attached hydrogen (secondary N) is 1. The maximum Gasteiger partial charge on any atom is 0.414 e. The Bertz CT molecular complexity index is 1280. The summed E-state index contributed by atoms with van der Waals surface area (Å²) in [5.41, 5.74) is 3.18. The summed E-state index contributed by atoms with van der Waals surface area (Å²) in [5, 5.41) is 18.5. The van der Waals surface area contributed by atoms with Crippen molar-refractivity contribution in [1.29, 1.82) is 5.26 Å². The van der Waals surface area contributed by atoms with Crippen LogP contribution in [-0.4, -0.2) is 46.4 Å². The second-order valence-corrected chi connectivity index (χ2v) is 7.61. The summed E-state index contributed by atoms with van der Waals surface area (Å²) in [6.45, 7) is 2.89. The summed E-state index contributed by atoms with van der Waals surface area (Å²) in [6, 6.07) is 13.7. The Morgan fingerprint density at radius 2 is 2.19 bits per heavy atom. The molecule has 0 aliphatic carbocycles. The molecule has 2 aromatic carbocycles. The number of hydrogen-bond donors (Lipinski definition) is 2. The lowest BCUT2D eigenvalue weighted by Gasteiger charge is -2.26. The number of H-pyrrole nitrogens is 1. The Labute approximate surface area is 184 Å². The van der Waals surface area contributed by atoms with Gasteiger partial charge in [-0.1, -0.05) is 6.07 Å². The number of cyclic esters (lactones) is 1. The van der Waals surface area contributed by atoms with Crippen LogP contribution in [-0.2, 0) is 4.74 Å². The van der Waals surface area contributed by atoms with Crippen LogP contribution in [0.5, 0.6) is 0 Å². The number of carbonyl (C=O) groups excluding carboxylic acids is 2. The van der Waals surface area contributed by atoms with Gasteiger partial charge in [-0.2, -0.15) is 10.3 Å². The van der Waals surface area contributed by atoms with Gasteiger partial charge in [-0.05, 0) is 56.2 Å². The summed E-state index contributed by atoms with van der Waals surface area (Å²) in [7, 11) is 0. The molecule has 1 aliphatic rings. The Balaban J connectivity index is 1.82. The Morgan fingerprint density at radius 3 is 2.94 bits per heavy atom. The minimum Gasteiger partial charge on any atom is -0.449 e. The lowest BCUT2D eigenvalue weighted by Crippen LogP contribution is -2.37. The normalized spacial score (nSPS) is 15.5. The molecule has 3 aromatic rings. The number of imidazole rings is 1. The van der Waals surface area contributed by atoms with Gasteiger partial charge in [0.25, 0.3) is 5.91 Å². The van der Waals surface area contributed by atoms with Crippen LogP contribution in [0, 0.1) is 11.3 Å². The van der Waals surface area contributed by atoms with Crippen LogP contribution in [0.2, 0.25) is 0 Å². The van der Waals surface area contributed by atoms with E-state index in [1.54, 1.807) is 23.1 Å². The predicted molar refractivity (Wildman–Crippen MR) is 117 cm³/mol. The molecule has 1 atom stereocenters. The highest BCUT2D eigenvalue weighted by Gasteiger charge is 2.22. The molecular formula is C23H23N5O4. The van der Waals surface area contributed by atoms with Crippen LogP contribution < -0.4 is 10.5 Å². The van der Waals surface area contributed by atoms with Crippen molar-refractivity contribution in [3.8, 4) is 6.07 Å². The van der Waals surface area contributed by atoms with Gasteiger partial charge >= 0.3 is 6.09 Å². The lowest BCUT2D eigenvalue weighted by atomic mass is 10.1. The van der Waals surface area contributed by atoms with Gasteiger partial charge in [0.15, 0.2) is 0 Å². The number of carbonyl (C=O) groups is 2. The fraction of sp³-hybridized carbons (Fsp3) is 0.304. The van der Waals surface area contributed by atoms with Gasteiger partial charge in [-0.25, -0.2) is 4.79 Å². The maximum absolute atomic E-state index is 12.8. The Morgan fingerprint density at radius 1 is 1.34 bits per heavy atom. The van der Waals surface area contributed by atoms with Crippen LogP contribution in [0.3, 0.4) is 0 Å². The third-order valence-electron chi connectivity index (χ3n) is 5.43. The van der Waals surface area contributed by atoms with E-state index in [2.05, 4.69) is 9.98 Å². The molecule has 164 valence electrons. The molecule has 32 heavy (non-hydrogen) atoms. The highest BCUT2D eigenvalue weighted by atomic mass is 16.6. The van der Waals surface area contributed by atoms with E-state index in [0.29, 0.717) is 47.5 Å². The first kappa shape index (κ1) is 21.3. The van der Waals surface area contributed by atoms with Crippen molar-refractivity contribution in [2.45, 2.75) is 25.8 Å². The van der Waals surface area contributed by atoms with E-state index in [4.69, 9.17) is 10.00 Å². The van der Waals surface area contributed by atoms with Gasteiger partial charge in [-0.3, -0.25) is 9.69 Å². The molecule has 9 heteroatoms. The number of hydrogen-bond acceptors (Lipinski definition) is 5. The molecule has 0 radical (unpaired) electrons. The zero-order valence-electron chi connectivity index (χ0n) is 17.6. The van der Waals surface area contributed by atoms with Crippen molar-refractivity contribution in [3.63, 3.8) is 0 Å². The van der Waals surface area contributed by atoms with Crippen LogP contribution in [0.25, 0.3) is 11.0 Å². The molecule has 1 aromatic heterocycles. The number of nitrogens with zero attached hydrogens (tertiary/aromatic N) is 4. The molecule has 0 unspecified atom stereocenters. The fourth-order valence-electron chi connectivity index (χ4n) is 3.81. The highest BCUT2D eigenvalue weighted by Crippen LogP contribution is 2.25. The molecule has 2 amide bonds. The second-order valence-electron chi connectivity index (χ2n) is 7.61. The van der Waals surface area contributed by atoms with Gasteiger partial charge in [0, 0.05) is 30.4 Å². The van der Waals surface area contributed by atoms with E-state index >= 15 is 0 Å². The number of aromatic amines is 1. The largest absolute Gasteiger partial charge is 0.449 e. The number of amides is 2. The summed E-state index contributed by atoms with van der Waals surface area (Å²) in [4.78, 5) is 34.0. The van der Waals surface area contributed by atoms with Crippen molar-refractivity contribution < 1.29 is 19.4 Å². The predicted octanol–water partition coefficient (Wildman–Crippen LogP) is 2.87. The average molecular weight is 433 g/mol. The Kier molecular flexibility index (Phi) is 6.05. The highest BCUT2D eigenvalue weighted by molar-refractivity contribution is 5.95. The summed E-state index contributed by atoms with van der Waals surface area (Å²) in [5.74, 6) is -0.488. The average Bonchev–Trinajstić information content (AvgIpc) is 3.16. The van der Waals surface area contributed by atoms with E-state index in [0.717, 1.165) is 11.9 Å². The molecule has 2 heterocycles. The number of anilines is 1. The standard InChI is InChI=1S/C23H23N5O4/c1-15(8-10-29)28-20-7-6-18(27-9-3-11-32-23(27)31)13-19(20)25-22(28)26-21(30)17-5-2-4-16(12-17)14-24/h2,4-7,12-13,15,29H,3,8-11H2,1H3,(H,25,26,30)/t15-/m1/s1.